The topological polar surface area (TPSA) is 15.3 Å². The maximum absolute atomic E-state index is 3.41. The van der Waals surface area contributed by atoms with Crippen LogP contribution in [-0.2, 0) is 13.0 Å². The van der Waals surface area contributed by atoms with Gasteiger partial charge in [-0.05, 0) is 37.2 Å². The Balaban J connectivity index is 2.12. The fourth-order valence-electron chi connectivity index (χ4n) is 1.86. The summed E-state index contributed by atoms with van der Waals surface area (Å²) in [5.41, 5.74) is 4.21. The van der Waals surface area contributed by atoms with E-state index in [0.29, 0.717) is 0 Å². The summed E-state index contributed by atoms with van der Waals surface area (Å²) in [5.74, 6) is 0. The van der Waals surface area contributed by atoms with E-state index < -0.39 is 0 Å². The highest BCUT2D eigenvalue weighted by atomic mass is 15.1. The molecule has 2 rings (SSSR count). The molecule has 0 saturated carbocycles. The molecule has 0 saturated heterocycles. The molecule has 0 radical (unpaired) electrons. The second kappa shape index (κ2) is 4.01. The van der Waals surface area contributed by atoms with Crippen molar-refractivity contribution in [2.24, 2.45) is 0 Å². The summed E-state index contributed by atoms with van der Waals surface area (Å²) in [5, 5.41) is 3.41. The van der Waals surface area contributed by atoms with Gasteiger partial charge in [0.2, 0.25) is 0 Å². The van der Waals surface area contributed by atoms with E-state index in [0.717, 1.165) is 19.6 Å². The van der Waals surface area contributed by atoms with Gasteiger partial charge in [-0.2, -0.15) is 0 Å². The first-order valence-corrected chi connectivity index (χ1v) is 5.34. The Kier molecular flexibility index (Phi) is 2.73. The van der Waals surface area contributed by atoms with Gasteiger partial charge in [0.05, 0.1) is 0 Å². The lowest BCUT2D eigenvalue weighted by Gasteiger charge is -2.14. The van der Waals surface area contributed by atoms with E-state index in [1.165, 1.54) is 23.2 Å². The number of benzene rings is 1. The number of nitrogens with one attached hydrogen (secondary N) is 1. The number of hydrogen-bond donors (Lipinski definition) is 1. The smallest absolute Gasteiger partial charge is 0.0376 e. The van der Waals surface area contributed by atoms with Gasteiger partial charge >= 0.3 is 0 Å². The first-order valence-electron chi connectivity index (χ1n) is 5.34. The molecule has 2 nitrogen and oxygen atoms in total. The monoisotopic (exact) mass is 190 g/mol. The maximum Gasteiger partial charge on any atom is 0.0376 e. The lowest BCUT2D eigenvalue weighted by Crippen LogP contribution is -2.16. The van der Waals surface area contributed by atoms with E-state index >= 15 is 0 Å². The molecule has 0 aliphatic carbocycles. The molecular formula is C12H18N2. The summed E-state index contributed by atoms with van der Waals surface area (Å²) >= 11 is 0. The SMILES string of the molecule is CCN(C)Cc1ccc2c(c1)NCC2. The van der Waals surface area contributed by atoms with Crippen molar-refractivity contribution >= 4 is 5.69 Å². The van der Waals surface area contributed by atoms with Crippen molar-refractivity contribution in [1.29, 1.82) is 0 Å². The predicted molar refractivity (Wildman–Crippen MR) is 60.6 cm³/mol. The van der Waals surface area contributed by atoms with Crippen LogP contribution in [-0.4, -0.2) is 25.0 Å². The Morgan fingerprint density at radius 2 is 2.29 bits per heavy atom. The zero-order chi connectivity index (χ0) is 9.97. The molecule has 0 aromatic heterocycles. The van der Waals surface area contributed by atoms with Crippen molar-refractivity contribution in [2.75, 3.05) is 25.5 Å². The first-order chi connectivity index (χ1) is 6.79. The molecule has 0 unspecified atom stereocenters. The number of rotatable bonds is 3. The first kappa shape index (κ1) is 9.53. The second-order valence-electron chi connectivity index (χ2n) is 4.00. The third-order valence-electron chi connectivity index (χ3n) is 2.88. The quantitative estimate of drug-likeness (QED) is 0.785. The highest BCUT2D eigenvalue weighted by Crippen LogP contribution is 2.23. The summed E-state index contributed by atoms with van der Waals surface area (Å²) in [6, 6.07) is 6.79. The molecule has 1 aromatic carbocycles. The average Bonchev–Trinajstić information content (AvgIpc) is 2.64. The third-order valence-corrected chi connectivity index (χ3v) is 2.88. The van der Waals surface area contributed by atoms with Gasteiger partial charge in [0.25, 0.3) is 0 Å². The van der Waals surface area contributed by atoms with Crippen LogP contribution in [0, 0.1) is 0 Å². The van der Waals surface area contributed by atoms with Crippen LogP contribution in [0.4, 0.5) is 5.69 Å². The normalized spacial score (nSPS) is 14.2. The standard InChI is InChI=1S/C12H18N2/c1-3-14(2)9-10-4-5-11-6-7-13-12(11)8-10/h4-5,8,13H,3,6-7,9H2,1-2H3. The average molecular weight is 190 g/mol. The van der Waals surface area contributed by atoms with Gasteiger partial charge < -0.3 is 10.2 Å². The van der Waals surface area contributed by atoms with Crippen LogP contribution in [0.15, 0.2) is 18.2 Å². The third kappa shape index (κ3) is 1.90. The lowest BCUT2D eigenvalue weighted by atomic mass is 10.1. The van der Waals surface area contributed by atoms with Gasteiger partial charge in [-0.25, -0.2) is 0 Å². The van der Waals surface area contributed by atoms with Gasteiger partial charge in [-0.1, -0.05) is 19.1 Å². The number of hydrogen-bond acceptors (Lipinski definition) is 2. The Morgan fingerprint density at radius 3 is 3.07 bits per heavy atom. The van der Waals surface area contributed by atoms with Crippen molar-refractivity contribution in [2.45, 2.75) is 19.9 Å². The molecule has 14 heavy (non-hydrogen) atoms. The fraction of sp³-hybridized carbons (Fsp3) is 0.500. The van der Waals surface area contributed by atoms with Crippen molar-refractivity contribution in [3.05, 3.63) is 29.3 Å². The van der Waals surface area contributed by atoms with Gasteiger partial charge in [0.15, 0.2) is 0 Å². The minimum atomic E-state index is 1.05. The van der Waals surface area contributed by atoms with E-state index in [1.807, 2.05) is 0 Å². The van der Waals surface area contributed by atoms with Crippen LogP contribution in [0.5, 0.6) is 0 Å². The van der Waals surface area contributed by atoms with Crippen molar-refractivity contribution in [1.82, 2.24) is 4.90 Å². The molecule has 0 bridgehead atoms. The molecule has 76 valence electrons. The summed E-state index contributed by atoms with van der Waals surface area (Å²) in [6.45, 7) is 5.43. The predicted octanol–water partition coefficient (Wildman–Crippen LogP) is 2.11. The van der Waals surface area contributed by atoms with Gasteiger partial charge in [-0.15, -0.1) is 0 Å². The molecule has 0 spiro atoms. The van der Waals surface area contributed by atoms with E-state index in [2.05, 4.69) is 42.4 Å². The zero-order valence-electron chi connectivity index (χ0n) is 9.01. The van der Waals surface area contributed by atoms with Crippen LogP contribution in [0.1, 0.15) is 18.1 Å². The molecule has 0 atom stereocenters. The zero-order valence-corrected chi connectivity index (χ0v) is 9.01. The van der Waals surface area contributed by atoms with Crippen molar-refractivity contribution < 1.29 is 0 Å². The lowest BCUT2D eigenvalue weighted by molar-refractivity contribution is 0.346. The largest absolute Gasteiger partial charge is 0.384 e. The minimum Gasteiger partial charge on any atom is -0.384 e. The van der Waals surface area contributed by atoms with Crippen molar-refractivity contribution in [3.8, 4) is 0 Å². The Labute approximate surface area is 85.9 Å². The maximum atomic E-state index is 3.41. The Morgan fingerprint density at radius 1 is 1.43 bits per heavy atom. The summed E-state index contributed by atoms with van der Waals surface area (Å²) in [6.07, 6.45) is 1.18. The molecule has 1 aromatic rings. The van der Waals surface area contributed by atoms with Crippen LogP contribution in [0.25, 0.3) is 0 Å². The van der Waals surface area contributed by atoms with Crippen LogP contribution in [0.2, 0.25) is 0 Å². The summed E-state index contributed by atoms with van der Waals surface area (Å²) < 4.78 is 0. The van der Waals surface area contributed by atoms with E-state index in [4.69, 9.17) is 0 Å². The second-order valence-corrected chi connectivity index (χ2v) is 4.00. The number of nitrogens with zero attached hydrogens (tertiary/aromatic N) is 1. The van der Waals surface area contributed by atoms with Gasteiger partial charge in [0.1, 0.15) is 0 Å². The molecule has 0 fully saturated rings. The molecule has 2 heteroatoms. The Bertz CT molecular complexity index is 320. The van der Waals surface area contributed by atoms with E-state index in [1.54, 1.807) is 0 Å². The molecule has 1 N–H and O–H groups in total. The van der Waals surface area contributed by atoms with Crippen molar-refractivity contribution in [3.63, 3.8) is 0 Å². The Hall–Kier alpha value is -1.02. The number of anilines is 1. The van der Waals surface area contributed by atoms with Gasteiger partial charge in [0, 0.05) is 18.8 Å². The fourth-order valence-corrected chi connectivity index (χ4v) is 1.86. The van der Waals surface area contributed by atoms with E-state index in [9.17, 15) is 0 Å². The number of fused-ring (bicyclic) bond motifs is 1. The van der Waals surface area contributed by atoms with Crippen LogP contribution < -0.4 is 5.32 Å². The molecule has 1 aliphatic heterocycles. The van der Waals surface area contributed by atoms with Crippen LogP contribution in [0.3, 0.4) is 0 Å². The molecule has 1 aliphatic rings. The molecular weight excluding hydrogens is 172 g/mol. The summed E-state index contributed by atoms with van der Waals surface area (Å²) in [4.78, 5) is 2.32. The minimum absolute atomic E-state index is 1.05. The van der Waals surface area contributed by atoms with Gasteiger partial charge in [-0.3, -0.25) is 0 Å². The highest BCUT2D eigenvalue weighted by molar-refractivity contribution is 5.56. The summed E-state index contributed by atoms with van der Waals surface area (Å²) in [7, 11) is 2.15. The highest BCUT2D eigenvalue weighted by Gasteiger charge is 2.09. The van der Waals surface area contributed by atoms with Crippen LogP contribution >= 0.6 is 0 Å². The van der Waals surface area contributed by atoms with E-state index in [-0.39, 0.29) is 0 Å². The molecule has 1 heterocycles. The molecule has 0 amide bonds.